The second-order valence-corrected chi connectivity index (χ2v) is 15.7. The summed E-state index contributed by atoms with van der Waals surface area (Å²) in [6.45, 7) is 7.03. The molecule has 1 fully saturated rings. The highest BCUT2D eigenvalue weighted by molar-refractivity contribution is 5.97. The number of amides is 9. The molecule has 0 spiro atoms. The summed E-state index contributed by atoms with van der Waals surface area (Å²) in [6.07, 6.45) is 1.30. The van der Waals surface area contributed by atoms with Gasteiger partial charge in [-0.15, -0.1) is 0 Å². The number of carbonyl (C=O) groups is 9. The molecule has 0 saturated carbocycles. The molecule has 0 radical (unpaired) electrons. The van der Waals surface area contributed by atoms with Gasteiger partial charge in [-0.3, -0.25) is 48.1 Å². The first-order valence-electron chi connectivity index (χ1n) is 21.2. The molecule has 0 bridgehead atoms. The summed E-state index contributed by atoms with van der Waals surface area (Å²) in [5.41, 5.74) is 11.7. The third kappa shape index (κ3) is 19.9. The third-order valence-electron chi connectivity index (χ3n) is 9.80. The fourth-order valence-electron chi connectivity index (χ4n) is 6.42. The van der Waals surface area contributed by atoms with E-state index < -0.39 is 102 Å². The normalized spacial score (nSPS) is 19.6. The monoisotopic (exact) mass is 887 g/mol. The summed E-state index contributed by atoms with van der Waals surface area (Å²) in [4.78, 5) is 123. The maximum atomic E-state index is 14.1. The number of hydrogen-bond acceptors (Lipinski definition) is 11. The molecular weight excluding hydrogens is 821 g/mol. The molecule has 1 aliphatic heterocycles. The van der Waals surface area contributed by atoms with Crippen molar-refractivity contribution in [3.8, 4) is 0 Å². The molecule has 0 aliphatic carbocycles. The van der Waals surface area contributed by atoms with Gasteiger partial charge in [0.25, 0.3) is 0 Å². The standard InChI is InChI=1S/C41H66N12O10/c1-6-27(49-34(57)24(4)47-40(63)32(22-54)48-25(5)55)36(59)50-29(16-12-18-45-41(42)43)37(60)51-28-15-10-11-17-44-33(56)21-46-35(58)31(20-26-13-8-7-9-14-26)53-39(62)30(19-23(2)3)52-38(28)61/h7-9,13-14,23-24,27-32,54H,6,10-12,15-22H2,1-5H3,(H,44,56)(H,46,58)(H,47,63)(H,48,55)(H,49,57)(H,50,59)(H,51,60)(H,52,61)(H,53,62)(H4,42,43,45)/t24-,27-,28?,29-,30?,31?,32-/m0/s1. The van der Waals surface area contributed by atoms with Crippen molar-refractivity contribution < 1.29 is 48.3 Å². The number of rotatable bonds is 19. The van der Waals surface area contributed by atoms with E-state index in [-0.39, 0.29) is 70.0 Å². The number of aliphatic imine (C=N–C) groups is 1. The van der Waals surface area contributed by atoms with Gasteiger partial charge in [0.05, 0.1) is 13.2 Å². The van der Waals surface area contributed by atoms with Gasteiger partial charge in [-0.05, 0) is 63.4 Å². The van der Waals surface area contributed by atoms with Crippen LogP contribution in [0.15, 0.2) is 35.3 Å². The first-order valence-corrected chi connectivity index (χ1v) is 21.2. The van der Waals surface area contributed by atoms with Crippen molar-refractivity contribution in [3.05, 3.63) is 35.9 Å². The van der Waals surface area contributed by atoms with E-state index in [0.717, 1.165) is 12.5 Å². The molecule has 2 rings (SSSR count). The molecule has 0 aromatic heterocycles. The van der Waals surface area contributed by atoms with E-state index in [9.17, 15) is 48.3 Å². The summed E-state index contributed by atoms with van der Waals surface area (Å²) in [5, 5.41) is 32.8. The van der Waals surface area contributed by atoms with Gasteiger partial charge in [-0.1, -0.05) is 51.1 Å². The van der Waals surface area contributed by atoms with Crippen LogP contribution >= 0.6 is 0 Å². The Bertz CT molecular complexity index is 1760. The van der Waals surface area contributed by atoms with Gasteiger partial charge in [-0.25, -0.2) is 0 Å². The predicted octanol–water partition coefficient (Wildman–Crippen LogP) is -3.42. The molecular formula is C41H66N12O10. The Morgan fingerprint density at radius 3 is 2.06 bits per heavy atom. The lowest BCUT2D eigenvalue weighted by Crippen LogP contribution is -2.60. The van der Waals surface area contributed by atoms with E-state index in [1.54, 1.807) is 37.3 Å². The first-order chi connectivity index (χ1) is 29.8. The minimum atomic E-state index is -1.31. The molecule has 1 aliphatic rings. The molecule has 1 heterocycles. The van der Waals surface area contributed by atoms with Crippen molar-refractivity contribution >= 4 is 59.1 Å². The molecule has 350 valence electrons. The van der Waals surface area contributed by atoms with E-state index in [1.807, 2.05) is 13.8 Å². The molecule has 1 saturated heterocycles. The van der Waals surface area contributed by atoms with Gasteiger partial charge in [0.1, 0.15) is 42.3 Å². The van der Waals surface area contributed by atoms with Crippen LogP contribution in [0.25, 0.3) is 0 Å². The zero-order chi connectivity index (χ0) is 47.1. The van der Waals surface area contributed by atoms with Gasteiger partial charge in [0, 0.05) is 26.4 Å². The Balaban J connectivity index is 2.36. The van der Waals surface area contributed by atoms with Crippen molar-refractivity contribution in [2.75, 3.05) is 26.2 Å². The van der Waals surface area contributed by atoms with Crippen LogP contribution in [0.5, 0.6) is 0 Å². The lowest BCUT2D eigenvalue weighted by molar-refractivity contribution is -0.136. The van der Waals surface area contributed by atoms with E-state index in [4.69, 9.17) is 11.5 Å². The quantitative estimate of drug-likeness (QED) is 0.0367. The minimum absolute atomic E-state index is 0.0134. The molecule has 22 nitrogen and oxygen atoms in total. The van der Waals surface area contributed by atoms with E-state index >= 15 is 0 Å². The van der Waals surface area contributed by atoms with Crippen molar-refractivity contribution in [1.29, 1.82) is 0 Å². The number of nitrogens with zero attached hydrogens (tertiary/aromatic N) is 1. The van der Waals surface area contributed by atoms with Gasteiger partial charge >= 0.3 is 0 Å². The zero-order valence-corrected chi connectivity index (χ0v) is 36.7. The molecule has 22 heteroatoms. The Morgan fingerprint density at radius 2 is 1.44 bits per heavy atom. The van der Waals surface area contributed by atoms with Crippen LogP contribution in [-0.4, -0.2) is 133 Å². The second kappa shape index (κ2) is 27.6. The van der Waals surface area contributed by atoms with Crippen LogP contribution in [-0.2, 0) is 49.6 Å². The van der Waals surface area contributed by atoms with Crippen molar-refractivity contribution in [1.82, 2.24) is 47.9 Å². The number of benzene rings is 1. The van der Waals surface area contributed by atoms with Crippen molar-refractivity contribution in [3.63, 3.8) is 0 Å². The van der Waals surface area contributed by atoms with Gasteiger partial charge < -0.3 is 64.4 Å². The number of guanidine groups is 1. The lowest BCUT2D eigenvalue weighted by Gasteiger charge is -2.28. The number of aliphatic hydroxyl groups excluding tert-OH is 1. The summed E-state index contributed by atoms with van der Waals surface area (Å²) in [5.74, 6) is -6.41. The SMILES string of the molecule is CC[C@H](NC(=O)[C@H](C)NC(=O)[C@H](CO)NC(C)=O)C(=O)N[C@@H](CCCN=C(N)N)C(=O)NC1CCCCNC(=O)CNC(=O)C(Cc2ccccc2)NC(=O)C(CC(C)C)NC1=O. The van der Waals surface area contributed by atoms with E-state index in [1.165, 1.54) is 6.92 Å². The predicted molar refractivity (Wildman–Crippen MR) is 232 cm³/mol. The molecule has 7 atom stereocenters. The average Bonchev–Trinajstić information content (AvgIpc) is 3.22. The van der Waals surface area contributed by atoms with Crippen molar-refractivity contribution in [2.24, 2.45) is 22.4 Å². The number of carbonyl (C=O) groups excluding carboxylic acids is 9. The van der Waals surface area contributed by atoms with Crippen LogP contribution in [0.1, 0.15) is 85.1 Å². The van der Waals surface area contributed by atoms with Crippen LogP contribution in [0.4, 0.5) is 0 Å². The van der Waals surface area contributed by atoms with Gasteiger partial charge in [0.15, 0.2) is 5.96 Å². The number of nitrogens with one attached hydrogen (secondary N) is 9. The molecule has 9 amide bonds. The average molecular weight is 887 g/mol. The van der Waals surface area contributed by atoms with E-state index in [2.05, 4.69) is 52.8 Å². The topological polar surface area (TPSA) is 347 Å². The van der Waals surface area contributed by atoms with Crippen molar-refractivity contribution in [2.45, 2.75) is 128 Å². The smallest absolute Gasteiger partial charge is 0.245 e. The lowest BCUT2D eigenvalue weighted by atomic mass is 10.00. The number of aliphatic hydroxyl groups is 1. The number of hydrogen-bond donors (Lipinski definition) is 12. The zero-order valence-electron chi connectivity index (χ0n) is 36.7. The highest BCUT2D eigenvalue weighted by Gasteiger charge is 2.33. The molecule has 1 aromatic rings. The fourth-order valence-corrected chi connectivity index (χ4v) is 6.42. The largest absolute Gasteiger partial charge is 0.394 e. The van der Waals surface area contributed by atoms with Gasteiger partial charge in [-0.2, -0.15) is 0 Å². The van der Waals surface area contributed by atoms with Crippen LogP contribution in [0, 0.1) is 5.92 Å². The van der Waals surface area contributed by atoms with Crippen LogP contribution < -0.4 is 59.3 Å². The van der Waals surface area contributed by atoms with Gasteiger partial charge in [0.2, 0.25) is 53.2 Å². The molecule has 3 unspecified atom stereocenters. The Kier molecular flexibility index (Phi) is 23.1. The Hall–Kier alpha value is -6.32. The number of nitrogens with two attached hydrogens (primary N) is 2. The van der Waals surface area contributed by atoms with Crippen LogP contribution in [0.3, 0.4) is 0 Å². The Morgan fingerprint density at radius 1 is 0.794 bits per heavy atom. The first kappa shape index (κ1) is 52.8. The maximum Gasteiger partial charge on any atom is 0.245 e. The highest BCUT2D eigenvalue weighted by atomic mass is 16.3. The third-order valence-corrected chi connectivity index (χ3v) is 9.80. The highest BCUT2D eigenvalue weighted by Crippen LogP contribution is 2.11. The summed E-state index contributed by atoms with van der Waals surface area (Å²) in [6, 6.07) is 0.504. The minimum Gasteiger partial charge on any atom is -0.394 e. The summed E-state index contributed by atoms with van der Waals surface area (Å²) >= 11 is 0. The summed E-state index contributed by atoms with van der Waals surface area (Å²) < 4.78 is 0. The van der Waals surface area contributed by atoms with Crippen LogP contribution in [0.2, 0.25) is 0 Å². The van der Waals surface area contributed by atoms with E-state index in [0.29, 0.717) is 12.8 Å². The maximum absolute atomic E-state index is 14.1. The second-order valence-electron chi connectivity index (χ2n) is 15.7. The molecule has 14 N–H and O–H groups in total. The summed E-state index contributed by atoms with van der Waals surface area (Å²) in [7, 11) is 0. The molecule has 63 heavy (non-hydrogen) atoms. The fraction of sp³-hybridized carbons (Fsp3) is 0.610. The Labute approximate surface area is 367 Å². The molecule has 1 aromatic carbocycles.